The highest BCUT2D eigenvalue weighted by Crippen LogP contribution is 2.29. The third kappa shape index (κ3) is 5.03. The summed E-state index contributed by atoms with van der Waals surface area (Å²) < 4.78 is 5.99. The number of piperazine rings is 1. The Hall–Kier alpha value is -2.57. The Morgan fingerprint density at radius 2 is 1.71 bits per heavy atom. The summed E-state index contributed by atoms with van der Waals surface area (Å²) in [5.41, 5.74) is 8.49. The van der Waals surface area contributed by atoms with Gasteiger partial charge in [0.25, 0.3) is 5.91 Å². The third-order valence-electron chi connectivity index (χ3n) is 5.01. The fourth-order valence-corrected chi connectivity index (χ4v) is 3.30. The number of para-hydroxylation sites is 2. The van der Waals surface area contributed by atoms with Crippen molar-refractivity contribution < 1.29 is 9.53 Å². The van der Waals surface area contributed by atoms with Gasteiger partial charge in [0.1, 0.15) is 12.4 Å². The number of benzene rings is 2. The van der Waals surface area contributed by atoms with Crippen LogP contribution in [-0.4, -0.2) is 69.1 Å². The molecule has 1 saturated heterocycles. The Morgan fingerprint density at radius 3 is 2.36 bits per heavy atom. The molecule has 0 aliphatic carbocycles. The molecule has 0 saturated carbocycles. The number of hydrogen-bond donors (Lipinski definition) is 1. The summed E-state index contributed by atoms with van der Waals surface area (Å²) in [6.07, 6.45) is 0. The normalized spacial score (nSPS) is 14.4. The summed E-state index contributed by atoms with van der Waals surface area (Å²) in [6, 6.07) is 15.7. The zero-order chi connectivity index (χ0) is 19.9. The first-order valence-electron chi connectivity index (χ1n) is 9.78. The van der Waals surface area contributed by atoms with Crippen molar-refractivity contribution in [2.24, 2.45) is 5.73 Å². The van der Waals surface area contributed by atoms with E-state index in [2.05, 4.69) is 15.9 Å². The zero-order valence-corrected chi connectivity index (χ0v) is 16.8. The van der Waals surface area contributed by atoms with Crippen LogP contribution in [0.2, 0.25) is 0 Å². The average Bonchev–Trinajstić information content (AvgIpc) is 2.73. The Morgan fingerprint density at radius 1 is 1.04 bits per heavy atom. The Labute approximate surface area is 167 Å². The largest absolute Gasteiger partial charge is 0.490 e. The second-order valence-corrected chi connectivity index (χ2v) is 7.30. The van der Waals surface area contributed by atoms with E-state index in [1.54, 1.807) is 0 Å². The van der Waals surface area contributed by atoms with E-state index in [1.165, 1.54) is 0 Å². The summed E-state index contributed by atoms with van der Waals surface area (Å²) in [5, 5.41) is 0. The fourth-order valence-electron chi connectivity index (χ4n) is 3.30. The standard InChI is InChI=1S/C22H30N4O2/c1-24(2)15-16-28-21-6-4-3-5-20(21)25-11-13-26(14-12-25)22(27)19-9-7-18(17-23)8-10-19/h3-10H,11-17,23H2,1-2H3. The molecular formula is C22H30N4O2. The van der Waals surface area contributed by atoms with Crippen LogP contribution in [0.25, 0.3) is 0 Å². The van der Waals surface area contributed by atoms with E-state index in [9.17, 15) is 4.79 Å². The first kappa shape index (κ1) is 20.2. The third-order valence-corrected chi connectivity index (χ3v) is 5.01. The van der Waals surface area contributed by atoms with Gasteiger partial charge in [-0.3, -0.25) is 4.79 Å². The molecule has 6 nitrogen and oxygen atoms in total. The molecule has 6 heteroatoms. The van der Waals surface area contributed by atoms with E-state index >= 15 is 0 Å². The molecule has 0 spiro atoms. The van der Waals surface area contributed by atoms with E-state index in [0.29, 0.717) is 26.2 Å². The minimum absolute atomic E-state index is 0.0822. The Bertz CT molecular complexity index is 768. The van der Waals surface area contributed by atoms with Crippen molar-refractivity contribution in [1.82, 2.24) is 9.80 Å². The molecule has 1 amide bonds. The van der Waals surface area contributed by atoms with Crippen molar-refractivity contribution in [3.63, 3.8) is 0 Å². The van der Waals surface area contributed by atoms with Gasteiger partial charge in [-0.05, 0) is 43.9 Å². The number of amides is 1. The maximum Gasteiger partial charge on any atom is 0.253 e. The second-order valence-electron chi connectivity index (χ2n) is 7.30. The minimum atomic E-state index is 0.0822. The maximum absolute atomic E-state index is 12.8. The van der Waals surface area contributed by atoms with Crippen molar-refractivity contribution in [3.8, 4) is 5.75 Å². The zero-order valence-electron chi connectivity index (χ0n) is 16.8. The summed E-state index contributed by atoms with van der Waals surface area (Å²) in [6.45, 7) is 5.00. The number of carbonyl (C=O) groups is 1. The first-order chi connectivity index (χ1) is 13.6. The number of hydrogen-bond acceptors (Lipinski definition) is 5. The van der Waals surface area contributed by atoms with E-state index in [4.69, 9.17) is 10.5 Å². The van der Waals surface area contributed by atoms with Crippen LogP contribution in [0.15, 0.2) is 48.5 Å². The SMILES string of the molecule is CN(C)CCOc1ccccc1N1CCN(C(=O)c2ccc(CN)cc2)CC1. The van der Waals surface area contributed by atoms with Crippen molar-refractivity contribution in [2.75, 3.05) is 58.3 Å². The van der Waals surface area contributed by atoms with Crippen LogP contribution < -0.4 is 15.4 Å². The first-order valence-corrected chi connectivity index (χ1v) is 9.78. The van der Waals surface area contributed by atoms with Crippen molar-refractivity contribution in [3.05, 3.63) is 59.7 Å². The summed E-state index contributed by atoms with van der Waals surface area (Å²) in [4.78, 5) is 19.1. The average molecular weight is 383 g/mol. The van der Waals surface area contributed by atoms with Crippen LogP contribution in [0.3, 0.4) is 0 Å². The predicted octanol–water partition coefficient (Wildman–Crippen LogP) is 2.05. The molecule has 1 aliphatic rings. The molecular weight excluding hydrogens is 352 g/mol. The molecule has 1 heterocycles. The Kier molecular flexibility index (Phi) is 6.90. The molecule has 2 N–H and O–H groups in total. The topological polar surface area (TPSA) is 62.0 Å². The quantitative estimate of drug-likeness (QED) is 0.794. The van der Waals surface area contributed by atoms with E-state index in [-0.39, 0.29) is 5.91 Å². The highest BCUT2D eigenvalue weighted by atomic mass is 16.5. The number of anilines is 1. The molecule has 1 fully saturated rings. The van der Waals surface area contributed by atoms with Gasteiger partial charge in [-0.25, -0.2) is 0 Å². The molecule has 2 aromatic carbocycles. The lowest BCUT2D eigenvalue weighted by molar-refractivity contribution is 0.0746. The van der Waals surface area contributed by atoms with Crippen LogP contribution in [0.1, 0.15) is 15.9 Å². The van der Waals surface area contributed by atoms with E-state index in [1.807, 2.05) is 61.5 Å². The molecule has 0 unspecified atom stereocenters. The summed E-state index contributed by atoms with van der Waals surface area (Å²) in [7, 11) is 4.07. The molecule has 0 radical (unpaired) electrons. The molecule has 2 aromatic rings. The lowest BCUT2D eigenvalue weighted by atomic mass is 10.1. The summed E-state index contributed by atoms with van der Waals surface area (Å²) >= 11 is 0. The summed E-state index contributed by atoms with van der Waals surface area (Å²) in [5.74, 6) is 0.986. The highest BCUT2D eigenvalue weighted by molar-refractivity contribution is 5.94. The molecule has 0 bridgehead atoms. The fraction of sp³-hybridized carbons (Fsp3) is 0.409. The van der Waals surface area contributed by atoms with Gasteiger partial charge in [0.05, 0.1) is 5.69 Å². The van der Waals surface area contributed by atoms with Crippen LogP contribution in [-0.2, 0) is 6.54 Å². The van der Waals surface area contributed by atoms with Crippen LogP contribution >= 0.6 is 0 Å². The van der Waals surface area contributed by atoms with Crippen molar-refractivity contribution in [2.45, 2.75) is 6.54 Å². The number of nitrogens with zero attached hydrogens (tertiary/aromatic N) is 3. The van der Waals surface area contributed by atoms with Crippen molar-refractivity contribution >= 4 is 11.6 Å². The molecule has 0 atom stereocenters. The van der Waals surface area contributed by atoms with Gasteiger partial charge in [0.2, 0.25) is 0 Å². The molecule has 150 valence electrons. The van der Waals surface area contributed by atoms with Crippen LogP contribution in [0.4, 0.5) is 5.69 Å². The second kappa shape index (κ2) is 9.57. The van der Waals surface area contributed by atoms with E-state index in [0.717, 1.165) is 42.2 Å². The molecule has 1 aliphatic heterocycles. The number of carbonyl (C=O) groups excluding carboxylic acids is 1. The molecule has 0 aromatic heterocycles. The van der Waals surface area contributed by atoms with Gasteiger partial charge < -0.3 is 25.2 Å². The van der Waals surface area contributed by atoms with Gasteiger partial charge in [-0.15, -0.1) is 0 Å². The lowest BCUT2D eigenvalue weighted by Crippen LogP contribution is -2.48. The molecule has 3 rings (SSSR count). The van der Waals surface area contributed by atoms with Crippen molar-refractivity contribution in [1.29, 1.82) is 0 Å². The van der Waals surface area contributed by atoms with Gasteiger partial charge in [-0.2, -0.15) is 0 Å². The Balaban J connectivity index is 1.60. The van der Waals surface area contributed by atoms with Gasteiger partial charge in [0, 0.05) is 44.8 Å². The van der Waals surface area contributed by atoms with Gasteiger partial charge in [0.15, 0.2) is 0 Å². The smallest absolute Gasteiger partial charge is 0.253 e. The van der Waals surface area contributed by atoms with Crippen LogP contribution in [0, 0.1) is 0 Å². The number of nitrogens with two attached hydrogens (primary N) is 1. The van der Waals surface area contributed by atoms with Gasteiger partial charge >= 0.3 is 0 Å². The highest BCUT2D eigenvalue weighted by Gasteiger charge is 2.23. The predicted molar refractivity (Wildman–Crippen MR) is 113 cm³/mol. The molecule has 28 heavy (non-hydrogen) atoms. The van der Waals surface area contributed by atoms with Crippen LogP contribution in [0.5, 0.6) is 5.75 Å². The maximum atomic E-state index is 12.8. The number of ether oxygens (including phenoxy) is 1. The van der Waals surface area contributed by atoms with Gasteiger partial charge in [-0.1, -0.05) is 24.3 Å². The lowest BCUT2D eigenvalue weighted by Gasteiger charge is -2.36. The monoisotopic (exact) mass is 382 g/mol. The number of rotatable bonds is 7. The minimum Gasteiger partial charge on any atom is -0.490 e. The van der Waals surface area contributed by atoms with E-state index < -0.39 is 0 Å². The number of likely N-dealkylation sites (N-methyl/N-ethyl adjacent to an activating group) is 1.